The van der Waals surface area contributed by atoms with Crippen LogP contribution in [0.25, 0.3) is 11.8 Å². The third-order valence-corrected chi connectivity index (χ3v) is 6.54. The van der Waals surface area contributed by atoms with Gasteiger partial charge in [-0.25, -0.2) is 0 Å². The van der Waals surface area contributed by atoms with Crippen molar-refractivity contribution in [3.63, 3.8) is 0 Å². The van der Waals surface area contributed by atoms with Crippen LogP contribution in [0.3, 0.4) is 0 Å². The lowest BCUT2D eigenvalue weighted by Crippen LogP contribution is -2.35. The minimum Gasteiger partial charge on any atom is -0.318 e. The second-order valence-electron chi connectivity index (χ2n) is 7.26. The van der Waals surface area contributed by atoms with Crippen LogP contribution in [0.2, 0.25) is 0 Å². The average molecular weight is 484 g/mol. The molecule has 0 bridgehead atoms. The normalized spacial score (nSPS) is 17.5. The van der Waals surface area contributed by atoms with Crippen LogP contribution in [-0.4, -0.2) is 31.5 Å². The molecule has 2 aromatic rings. The summed E-state index contributed by atoms with van der Waals surface area (Å²) < 4.78 is 3.14. The van der Waals surface area contributed by atoms with E-state index in [0.29, 0.717) is 5.17 Å². The Kier molecular flexibility index (Phi) is 5.79. The first-order valence-electron chi connectivity index (χ1n) is 9.83. The molecule has 2 aliphatic rings. The number of nitrogens with zero attached hydrogens (tertiary/aromatic N) is 4. The van der Waals surface area contributed by atoms with E-state index < -0.39 is 5.91 Å². The van der Waals surface area contributed by atoms with Gasteiger partial charge in [-0.15, -0.1) is 0 Å². The lowest BCUT2D eigenvalue weighted by atomic mass is 10.1. The smallest absolute Gasteiger partial charge is 0.283 e. The van der Waals surface area contributed by atoms with Gasteiger partial charge in [0.1, 0.15) is 5.04 Å². The van der Waals surface area contributed by atoms with E-state index in [9.17, 15) is 4.79 Å². The molecular formula is C22H22BrN5OS. The standard InChI is InChI=1S/C22H22BrN5OS/c1-4-5-9-19-26-28-20(24)18(21(29)25-22(28)30-19)11-15-10-13(2)27(14(15)3)17-8-6-7-16(23)12-17/h6-8,10-12,24H,4-5,9H2,1-3H3. The molecule has 1 aromatic carbocycles. The summed E-state index contributed by atoms with van der Waals surface area (Å²) in [6.45, 7) is 6.17. The molecule has 4 rings (SSSR count). The van der Waals surface area contributed by atoms with E-state index in [-0.39, 0.29) is 11.4 Å². The molecule has 3 heterocycles. The zero-order valence-corrected chi connectivity index (χ0v) is 19.5. The third-order valence-electron chi connectivity index (χ3n) is 5.08. The minimum atomic E-state index is -0.391. The Bertz CT molecular complexity index is 1140. The van der Waals surface area contributed by atoms with Crippen molar-refractivity contribution in [1.82, 2.24) is 9.58 Å². The SMILES string of the molecule is CCCCC1=NN2C(=N)C(=Cc3cc(C)n(-c4cccc(Br)c4)c3C)C(=O)N=C2S1. The van der Waals surface area contributed by atoms with Crippen LogP contribution < -0.4 is 0 Å². The molecule has 0 saturated heterocycles. The average Bonchev–Trinajstić information content (AvgIpc) is 3.23. The molecule has 1 amide bonds. The van der Waals surface area contributed by atoms with Gasteiger partial charge in [0, 0.05) is 21.5 Å². The van der Waals surface area contributed by atoms with Crippen LogP contribution in [0.15, 0.2) is 50.5 Å². The maximum Gasteiger partial charge on any atom is 0.283 e. The Morgan fingerprint density at radius 3 is 2.80 bits per heavy atom. The quantitative estimate of drug-likeness (QED) is 0.556. The van der Waals surface area contributed by atoms with Crippen molar-refractivity contribution in [2.24, 2.45) is 10.1 Å². The minimum absolute atomic E-state index is 0.0799. The number of amidine groups is 2. The van der Waals surface area contributed by atoms with E-state index in [2.05, 4.69) is 43.6 Å². The van der Waals surface area contributed by atoms with E-state index in [1.54, 1.807) is 6.08 Å². The molecule has 0 aliphatic carbocycles. The van der Waals surface area contributed by atoms with Crippen molar-refractivity contribution in [2.75, 3.05) is 0 Å². The van der Waals surface area contributed by atoms with Crippen molar-refractivity contribution >= 4 is 55.7 Å². The topological polar surface area (TPSA) is 73.8 Å². The number of hydrazone groups is 1. The Morgan fingerprint density at radius 2 is 2.07 bits per heavy atom. The van der Waals surface area contributed by atoms with E-state index >= 15 is 0 Å². The number of hydrogen-bond donors (Lipinski definition) is 1. The molecule has 2 aliphatic heterocycles. The zero-order chi connectivity index (χ0) is 21.4. The van der Waals surface area contributed by atoms with Crippen LogP contribution in [-0.2, 0) is 4.79 Å². The van der Waals surface area contributed by atoms with Crippen molar-refractivity contribution < 1.29 is 4.79 Å². The second kappa shape index (κ2) is 8.35. The summed E-state index contributed by atoms with van der Waals surface area (Å²) in [5.74, 6) is -0.311. The summed E-state index contributed by atoms with van der Waals surface area (Å²) in [6.07, 6.45) is 4.69. The van der Waals surface area contributed by atoms with Gasteiger partial charge in [0.25, 0.3) is 5.91 Å². The highest BCUT2D eigenvalue weighted by Crippen LogP contribution is 2.31. The highest BCUT2D eigenvalue weighted by Gasteiger charge is 2.35. The number of thioether (sulfide) groups is 1. The van der Waals surface area contributed by atoms with Gasteiger partial charge in [0.2, 0.25) is 5.17 Å². The molecule has 0 unspecified atom stereocenters. The van der Waals surface area contributed by atoms with E-state index in [0.717, 1.165) is 51.4 Å². The number of unbranched alkanes of at least 4 members (excludes halogenated alkanes) is 1. The first-order valence-corrected chi connectivity index (χ1v) is 11.4. The van der Waals surface area contributed by atoms with Crippen LogP contribution in [0.5, 0.6) is 0 Å². The van der Waals surface area contributed by atoms with Gasteiger partial charge in [-0.1, -0.05) is 35.3 Å². The molecule has 1 aromatic heterocycles. The number of aliphatic imine (C=N–C) groups is 1. The summed E-state index contributed by atoms with van der Waals surface area (Å²) in [7, 11) is 0. The Morgan fingerprint density at radius 1 is 1.27 bits per heavy atom. The van der Waals surface area contributed by atoms with Crippen LogP contribution in [0.1, 0.15) is 43.1 Å². The van der Waals surface area contributed by atoms with Crippen molar-refractivity contribution in [3.05, 3.63) is 57.3 Å². The number of benzene rings is 1. The molecule has 0 spiro atoms. The highest BCUT2D eigenvalue weighted by molar-refractivity contribution is 9.10. The molecule has 0 radical (unpaired) electrons. The Balaban J connectivity index is 1.69. The maximum absolute atomic E-state index is 12.7. The number of nitrogens with one attached hydrogen (secondary N) is 1. The number of aromatic nitrogens is 1. The fraction of sp³-hybridized carbons (Fsp3) is 0.273. The first-order chi connectivity index (χ1) is 14.4. The van der Waals surface area contributed by atoms with E-state index in [4.69, 9.17) is 5.41 Å². The summed E-state index contributed by atoms with van der Waals surface area (Å²) in [6, 6.07) is 10.1. The monoisotopic (exact) mass is 483 g/mol. The number of carbonyl (C=O) groups excluding carboxylic acids is 1. The van der Waals surface area contributed by atoms with E-state index in [1.807, 2.05) is 38.1 Å². The lowest BCUT2D eigenvalue weighted by molar-refractivity contribution is -0.114. The summed E-state index contributed by atoms with van der Waals surface area (Å²) in [5, 5.41) is 15.9. The third kappa shape index (κ3) is 3.81. The molecule has 8 heteroatoms. The summed E-state index contributed by atoms with van der Waals surface area (Å²) in [5.41, 5.74) is 4.23. The Labute approximate surface area is 188 Å². The number of aryl methyl sites for hydroxylation is 1. The number of carbonyl (C=O) groups is 1. The van der Waals surface area contributed by atoms with Crippen LogP contribution in [0, 0.1) is 19.3 Å². The molecule has 30 heavy (non-hydrogen) atoms. The van der Waals surface area contributed by atoms with Crippen LogP contribution >= 0.6 is 27.7 Å². The fourth-order valence-corrected chi connectivity index (χ4v) is 4.88. The van der Waals surface area contributed by atoms with Gasteiger partial charge in [-0.05, 0) is 74.4 Å². The molecule has 6 nitrogen and oxygen atoms in total. The molecule has 154 valence electrons. The van der Waals surface area contributed by atoms with Crippen molar-refractivity contribution in [3.8, 4) is 5.69 Å². The van der Waals surface area contributed by atoms with Gasteiger partial charge < -0.3 is 4.57 Å². The molecule has 1 N–H and O–H groups in total. The highest BCUT2D eigenvalue weighted by atomic mass is 79.9. The van der Waals surface area contributed by atoms with Crippen LogP contribution in [0.4, 0.5) is 0 Å². The number of fused-ring (bicyclic) bond motifs is 1. The molecule has 0 fully saturated rings. The zero-order valence-electron chi connectivity index (χ0n) is 17.1. The van der Waals surface area contributed by atoms with Gasteiger partial charge in [-0.3, -0.25) is 10.2 Å². The summed E-state index contributed by atoms with van der Waals surface area (Å²) >= 11 is 4.91. The predicted octanol–water partition coefficient (Wildman–Crippen LogP) is 5.67. The number of amides is 1. The van der Waals surface area contributed by atoms with E-state index in [1.165, 1.54) is 16.8 Å². The largest absolute Gasteiger partial charge is 0.318 e. The summed E-state index contributed by atoms with van der Waals surface area (Å²) in [4.78, 5) is 16.9. The lowest BCUT2D eigenvalue weighted by Gasteiger charge is -2.20. The molecular weight excluding hydrogens is 462 g/mol. The van der Waals surface area contributed by atoms with Gasteiger partial charge >= 0.3 is 0 Å². The van der Waals surface area contributed by atoms with Gasteiger partial charge in [0.15, 0.2) is 5.84 Å². The second-order valence-corrected chi connectivity index (χ2v) is 9.22. The maximum atomic E-state index is 12.7. The number of halogens is 1. The predicted molar refractivity (Wildman–Crippen MR) is 127 cm³/mol. The molecule has 0 saturated carbocycles. The van der Waals surface area contributed by atoms with Crippen molar-refractivity contribution in [1.29, 1.82) is 5.41 Å². The van der Waals surface area contributed by atoms with Gasteiger partial charge in [0.05, 0.1) is 5.57 Å². The fourth-order valence-electron chi connectivity index (χ4n) is 3.56. The molecule has 0 atom stereocenters. The Hall–Kier alpha value is -2.45. The number of rotatable bonds is 5. The van der Waals surface area contributed by atoms with Gasteiger partial charge in [-0.2, -0.15) is 15.1 Å². The first kappa shape index (κ1) is 20.8. The van der Waals surface area contributed by atoms with Crippen molar-refractivity contribution in [2.45, 2.75) is 40.0 Å². The number of hydrogen-bond acceptors (Lipinski definition) is 4.